The quantitative estimate of drug-likeness (QED) is 0.408. The molecule has 35 heavy (non-hydrogen) atoms. The average Bonchev–Trinajstić information content (AvgIpc) is 3.29. The van der Waals surface area contributed by atoms with E-state index in [-0.39, 0.29) is 36.5 Å². The number of hydrogen-bond acceptors (Lipinski definition) is 5. The Morgan fingerprint density at radius 2 is 1.74 bits per heavy atom. The lowest BCUT2D eigenvalue weighted by atomic mass is 9.83. The lowest BCUT2D eigenvalue weighted by Crippen LogP contribution is -2.49. The molecule has 0 bridgehead atoms. The van der Waals surface area contributed by atoms with Crippen molar-refractivity contribution in [1.82, 2.24) is 20.4 Å². The number of amides is 3. The first-order chi connectivity index (χ1) is 16.8. The summed E-state index contributed by atoms with van der Waals surface area (Å²) in [5.41, 5.74) is 1.63. The van der Waals surface area contributed by atoms with Crippen LogP contribution >= 0.6 is 0 Å². The van der Waals surface area contributed by atoms with Gasteiger partial charge in [-0.2, -0.15) is 5.10 Å². The van der Waals surface area contributed by atoms with E-state index < -0.39 is 18.1 Å². The Hall–Kier alpha value is -3.69. The number of nitrogens with one attached hydrogen (secondary N) is 3. The highest BCUT2D eigenvalue weighted by Crippen LogP contribution is 2.27. The maximum Gasteiger partial charge on any atom is 0.326 e. The summed E-state index contributed by atoms with van der Waals surface area (Å²) in [7, 11) is 1.68. The van der Waals surface area contributed by atoms with Crippen molar-refractivity contribution in [3.63, 3.8) is 0 Å². The van der Waals surface area contributed by atoms with Gasteiger partial charge in [-0.25, -0.2) is 4.79 Å². The van der Waals surface area contributed by atoms with E-state index in [0.717, 1.165) is 32.1 Å². The van der Waals surface area contributed by atoms with Gasteiger partial charge in [0.2, 0.25) is 11.8 Å². The molecule has 2 aromatic rings. The van der Waals surface area contributed by atoms with Crippen LogP contribution in [-0.2, 0) is 27.9 Å². The zero-order chi connectivity index (χ0) is 25.4. The SMILES string of the molecule is CCC(=O)N[C@H](Cc1ccc(NC(=O)C(NC(=O)c2ccnn2C)C2CCCCC2)cc1)C(=O)O. The van der Waals surface area contributed by atoms with Crippen molar-refractivity contribution in [2.75, 3.05) is 5.32 Å². The molecule has 0 radical (unpaired) electrons. The van der Waals surface area contributed by atoms with E-state index in [1.54, 1.807) is 44.3 Å². The van der Waals surface area contributed by atoms with Gasteiger partial charge in [0.25, 0.3) is 5.91 Å². The van der Waals surface area contributed by atoms with Crippen LogP contribution in [0.1, 0.15) is 61.5 Å². The van der Waals surface area contributed by atoms with Crippen molar-refractivity contribution in [2.45, 2.75) is 64.0 Å². The second kappa shape index (κ2) is 12.1. The van der Waals surface area contributed by atoms with E-state index in [1.807, 2.05) is 0 Å². The number of aryl methyl sites for hydroxylation is 1. The van der Waals surface area contributed by atoms with E-state index in [4.69, 9.17) is 0 Å². The van der Waals surface area contributed by atoms with Crippen molar-refractivity contribution in [3.05, 3.63) is 47.8 Å². The Bertz CT molecular complexity index is 1040. The van der Waals surface area contributed by atoms with Crippen LogP contribution in [0.25, 0.3) is 0 Å². The van der Waals surface area contributed by atoms with Crippen molar-refractivity contribution >= 4 is 29.4 Å². The molecule has 10 heteroatoms. The molecular formula is C25H33N5O5. The van der Waals surface area contributed by atoms with E-state index in [2.05, 4.69) is 21.0 Å². The second-order valence-corrected chi connectivity index (χ2v) is 8.89. The zero-order valence-corrected chi connectivity index (χ0v) is 20.1. The third-order valence-electron chi connectivity index (χ3n) is 6.36. The molecule has 188 valence electrons. The number of carboxylic acids is 1. The maximum absolute atomic E-state index is 13.2. The summed E-state index contributed by atoms with van der Waals surface area (Å²) >= 11 is 0. The van der Waals surface area contributed by atoms with E-state index in [9.17, 15) is 24.3 Å². The smallest absolute Gasteiger partial charge is 0.326 e. The summed E-state index contributed by atoms with van der Waals surface area (Å²) in [6.45, 7) is 1.66. The standard InChI is InChI=1S/C25H33N5O5/c1-3-21(31)28-19(25(34)35)15-16-9-11-18(12-10-16)27-24(33)22(17-7-5-4-6-8-17)29-23(32)20-13-14-26-30(20)2/h9-14,17,19,22H,3-8,15H2,1-2H3,(H,27,33)(H,28,31)(H,29,32)(H,34,35)/t19-,22?/m1/s1. The molecule has 3 rings (SSSR count). The summed E-state index contributed by atoms with van der Waals surface area (Å²) in [4.78, 5) is 49.1. The summed E-state index contributed by atoms with van der Waals surface area (Å²) < 4.78 is 1.47. The van der Waals surface area contributed by atoms with Crippen LogP contribution in [0.3, 0.4) is 0 Å². The summed E-state index contributed by atoms with van der Waals surface area (Å²) in [5.74, 6) is -2.04. The fourth-order valence-corrected chi connectivity index (χ4v) is 4.35. The van der Waals surface area contributed by atoms with Crippen LogP contribution < -0.4 is 16.0 Å². The zero-order valence-electron chi connectivity index (χ0n) is 20.1. The monoisotopic (exact) mass is 483 g/mol. The molecule has 1 heterocycles. The van der Waals surface area contributed by atoms with Gasteiger partial charge < -0.3 is 21.1 Å². The normalized spacial score (nSPS) is 15.6. The summed E-state index contributed by atoms with van der Waals surface area (Å²) in [6.07, 6.45) is 6.75. The predicted octanol–water partition coefficient (Wildman–Crippen LogP) is 2.26. The Morgan fingerprint density at radius 3 is 2.31 bits per heavy atom. The second-order valence-electron chi connectivity index (χ2n) is 8.89. The maximum atomic E-state index is 13.2. The molecule has 1 aromatic heterocycles. The number of benzene rings is 1. The highest BCUT2D eigenvalue weighted by molar-refractivity contribution is 6.00. The summed E-state index contributed by atoms with van der Waals surface area (Å²) in [6, 6.07) is 6.71. The predicted molar refractivity (Wildman–Crippen MR) is 130 cm³/mol. The molecule has 1 saturated carbocycles. The van der Waals surface area contributed by atoms with Gasteiger partial charge in [0.1, 0.15) is 17.8 Å². The van der Waals surface area contributed by atoms with Crippen LogP contribution in [0, 0.1) is 5.92 Å². The highest BCUT2D eigenvalue weighted by Gasteiger charge is 2.32. The molecule has 1 fully saturated rings. The Labute approximate surface area is 204 Å². The average molecular weight is 484 g/mol. The first-order valence-corrected chi connectivity index (χ1v) is 12.0. The number of hydrogen-bond donors (Lipinski definition) is 4. The fourth-order valence-electron chi connectivity index (χ4n) is 4.35. The Balaban J connectivity index is 1.68. The molecule has 1 unspecified atom stereocenters. The molecular weight excluding hydrogens is 450 g/mol. The minimum Gasteiger partial charge on any atom is -0.480 e. The van der Waals surface area contributed by atoms with E-state index in [1.165, 1.54) is 10.9 Å². The van der Waals surface area contributed by atoms with E-state index >= 15 is 0 Å². The lowest BCUT2D eigenvalue weighted by Gasteiger charge is -2.30. The molecule has 2 atom stereocenters. The van der Waals surface area contributed by atoms with Crippen LogP contribution in [-0.4, -0.2) is 50.7 Å². The molecule has 1 aliphatic carbocycles. The number of carbonyl (C=O) groups excluding carboxylic acids is 3. The Morgan fingerprint density at radius 1 is 1.06 bits per heavy atom. The lowest BCUT2D eigenvalue weighted by molar-refractivity contribution is -0.141. The van der Waals surface area contributed by atoms with Crippen LogP contribution in [0.4, 0.5) is 5.69 Å². The van der Waals surface area contributed by atoms with Gasteiger partial charge in [-0.1, -0.05) is 38.3 Å². The van der Waals surface area contributed by atoms with Gasteiger partial charge in [0.15, 0.2) is 0 Å². The first-order valence-electron chi connectivity index (χ1n) is 12.0. The van der Waals surface area contributed by atoms with Gasteiger partial charge in [-0.3, -0.25) is 19.1 Å². The Kier molecular flexibility index (Phi) is 8.99. The first kappa shape index (κ1) is 25.9. The molecule has 0 spiro atoms. The van der Waals surface area contributed by atoms with Gasteiger partial charge in [0, 0.05) is 31.8 Å². The molecule has 10 nitrogen and oxygen atoms in total. The third kappa shape index (κ3) is 7.14. The molecule has 0 saturated heterocycles. The molecule has 1 aromatic carbocycles. The van der Waals surface area contributed by atoms with Gasteiger partial charge >= 0.3 is 5.97 Å². The van der Waals surface area contributed by atoms with Gasteiger partial charge in [-0.15, -0.1) is 0 Å². The number of anilines is 1. The van der Waals surface area contributed by atoms with Crippen molar-refractivity contribution in [2.24, 2.45) is 13.0 Å². The van der Waals surface area contributed by atoms with Crippen molar-refractivity contribution in [1.29, 1.82) is 0 Å². The molecule has 4 N–H and O–H groups in total. The minimum atomic E-state index is -1.11. The summed E-state index contributed by atoms with van der Waals surface area (Å²) in [5, 5.41) is 21.7. The fraction of sp³-hybridized carbons (Fsp3) is 0.480. The number of carboxylic acid groups (broad SMARTS) is 1. The molecule has 0 aliphatic heterocycles. The minimum absolute atomic E-state index is 0.0405. The van der Waals surface area contributed by atoms with Crippen LogP contribution in [0.2, 0.25) is 0 Å². The highest BCUT2D eigenvalue weighted by atomic mass is 16.4. The van der Waals surface area contributed by atoms with Crippen molar-refractivity contribution in [3.8, 4) is 0 Å². The number of rotatable bonds is 10. The topological polar surface area (TPSA) is 142 Å². The molecule has 1 aliphatic rings. The van der Waals surface area contributed by atoms with Crippen molar-refractivity contribution < 1.29 is 24.3 Å². The largest absolute Gasteiger partial charge is 0.480 e. The third-order valence-corrected chi connectivity index (χ3v) is 6.36. The van der Waals surface area contributed by atoms with Crippen LogP contribution in [0.5, 0.6) is 0 Å². The van der Waals surface area contributed by atoms with Gasteiger partial charge in [0.05, 0.1) is 0 Å². The molecule has 3 amide bonds. The number of aromatic nitrogens is 2. The number of carbonyl (C=O) groups is 4. The van der Waals surface area contributed by atoms with Crippen LogP contribution in [0.15, 0.2) is 36.5 Å². The van der Waals surface area contributed by atoms with Gasteiger partial charge in [-0.05, 0) is 42.5 Å². The number of nitrogens with zero attached hydrogens (tertiary/aromatic N) is 2. The number of aliphatic carboxylic acids is 1. The van der Waals surface area contributed by atoms with E-state index in [0.29, 0.717) is 16.9 Å².